The van der Waals surface area contributed by atoms with E-state index in [2.05, 4.69) is 18.2 Å². The fraction of sp³-hybridized carbons (Fsp3) is 0.222. The Labute approximate surface area is 186 Å². The molecule has 0 fully saturated rings. The van der Waals surface area contributed by atoms with Gasteiger partial charge in [-0.15, -0.1) is 0 Å². The zero-order valence-electron chi connectivity index (χ0n) is 17.8. The predicted octanol–water partition coefficient (Wildman–Crippen LogP) is 4.53. The number of imide groups is 1. The van der Waals surface area contributed by atoms with Crippen molar-refractivity contribution in [2.75, 3.05) is 19.6 Å². The summed E-state index contributed by atoms with van der Waals surface area (Å²) in [5.74, 6) is -0.493. The second kappa shape index (κ2) is 8.42. The van der Waals surface area contributed by atoms with Gasteiger partial charge in [-0.05, 0) is 41.5 Å². The molecule has 3 amide bonds. The fourth-order valence-corrected chi connectivity index (χ4v) is 4.64. The van der Waals surface area contributed by atoms with Crippen LogP contribution < -0.4 is 0 Å². The van der Waals surface area contributed by atoms with Crippen molar-refractivity contribution in [1.29, 1.82) is 0 Å². The second-order valence-electron chi connectivity index (χ2n) is 8.26. The van der Waals surface area contributed by atoms with E-state index >= 15 is 0 Å². The first-order chi connectivity index (χ1) is 15.6. The van der Waals surface area contributed by atoms with Gasteiger partial charge < -0.3 is 4.90 Å². The standard InChI is InChI=1S/C27H24N2O3/c30-24(28-17-14-20(15-18-28)19-7-2-1-3-8-19)13-6-16-29-26(31)22-11-4-9-21-10-5-12-23(25(21)22)27(29)32/h1-5,7-12,14H,6,13,15-18H2. The third-order valence-corrected chi connectivity index (χ3v) is 6.33. The number of carbonyl (C=O) groups is 3. The Bertz CT molecular complexity index is 1200. The van der Waals surface area contributed by atoms with Gasteiger partial charge in [0.15, 0.2) is 0 Å². The smallest absolute Gasteiger partial charge is 0.261 e. The van der Waals surface area contributed by atoms with Crippen LogP contribution in [-0.4, -0.2) is 47.2 Å². The summed E-state index contributed by atoms with van der Waals surface area (Å²) in [6.07, 6.45) is 3.73. The topological polar surface area (TPSA) is 57.7 Å². The van der Waals surface area contributed by atoms with Crippen molar-refractivity contribution in [2.45, 2.75) is 19.3 Å². The van der Waals surface area contributed by atoms with Crippen LogP contribution in [0.4, 0.5) is 0 Å². The highest BCUT2D eigenvalue weighted by Gasteiger charge is 2.32. The molecule has 32 heavy (non-hydrogen) atoms. The summed E-state index contributed by atoms with van der Waals surface area (Å²) in [6.45, 7) is 1.53. The molecule has 0 saturated carbocycles. The lowest BCUT2D eigenvalue weighted by Crippen LogP contribution is -2.41. The average Bonchev–Trinajstić information content (AvgIpc) is 2.85. The monoisotopic (exact) mass is 424 g/mol. The van der Waals surface area contributed by atoms with Crippen LogP contribution >= 0.6 is 0 Å². The highest BCUT2D eigenvalue weighted by Crippen LogP contribution is 2.30. The number of rotatable bonds is 5. The van der Waals surface area contributed by atoms with E-state index in [-0.39, 0.29) is 24.3 Å². The van der Waals surface area contributed by atoms with Crippen molar-refractivity contribution in [2.24, 2.45) is 0 Å². The van der Waals surface area contributed by atoms with Gasteiger partial charge in [0.1, 0.15) is 0 Å². The number of amides is 3. The minimum Gasteiger partial charge on any atom is -0.339 e. The van der Waals surface area contributed by atoms with Crippen LogP contribution in [0.5, 0.6) is 0 Å². The number of nitrogens with zero attached hydrogens (tertiary/aromatic N) is 2. The van der Waals surface area contributed by atoms with E-state index in [0.717, 1.165) is 17.2 Å². The summed E-state index contributed by atoms with van der Waals surface area (Å²) in [6, 6.07) is 21.3. The first-order valence-corrected chi connectivity index (χ1v) is 11.0. The van der Waals surface area contributed by atoms with E-state index in [9.17, 15) is 14.4 Å². The summed E-state index contributed by atoms with van der Waals surface area (Å²) in [7, 11) is 0. The molecule has 0 aliphatic carbocycles. The number of benzene rings is 3. The summed E-state index contributed by atoms with van der Waals surface area (Å²) in [5, 5.41) is 1.62. The van der Waals surface area contributed by atoms with Crippen LogP contribution in [0.25, 0.3) is 16.3 Å². The van der Waals surface area contributed by atoms with Crippen molar-refractivity contribution >= 4 is 34.1 Å². The lowest BCUT2D eigenvalue weighted by Gasteiger charge is -2.28. The quantitative estimate of drug-likeness (QED) is 0.566. The number of carbonyl (C=O) groups excluding carboxylic acids is 3. The largest absolute Gasteiger partial charge is 0.339 e. The van der Waals surface area contributed by atoms with Gasteiger partial charge in [0, 0.05) is 42.6 Å². The summed E-state index contributed by atoms with van der Waals surface area (Å²) in [5.41, 5.74) is 3.58. The molecule has 0 bridgehead atoms. The Morgan fingerprint density at radius 1 is 0.844 bits per heavy atom. The number of hydrogen-bond acceptors (Lipinski definition) is 3. The molecule has 0 unspecified atom stereocenters. The molecule has 0 saturated heterocycles. The molecular weight excluding hydrogens is 400 g/mol. The van der Waals surface area contributed by atoms with Gasteiger partial charge in [-0.1, -0.05) is 60.7 Å². The van der Waals surface area contributed by atoms with Gasteiger partial charge in [-0.3, -0.25) is 19.3 Å². The molecule has 2 heterocycles. The van der Waals surface area contributed by atoms with Crippen molar-refractivity contribution in [1.82, 2.24) is 9.80 Å². The molecule has 3 aromatic rings. The highest BCUT2D eigenvalue weighted by molar-refractivity contribution is 6.25. The molecule has 160 valence electrons. The normalized spacial score (nSPS) is 15.8. The van der Waals surface area contributed by atoms with Crippen LogP contribution in [0.3, 0.4) is 0 Å². The molecule has 0 radical (unpaired) electrons. The van der Waals surface area contributed by atoms with Gasteiger partial charge in [-0.2, -0.15) is 0 Å². The molecule has 2 aliphatic rings. The summed E-state index contributed by atoms with van der Waals surface area (Å²) in [4.78, 5) is 41.8. The maximum absolute atomic E-state index is 13.0. The minimum absolute atomic E-state index is 0.0628. The number of hydrogen-bond donors (Lipinski definition) is 0. The summed E-state index contributed by atoms with van der Waals surface area (Å²) < 4.78 is 0. The Morgan fingerprint density at radius 3 is 2.16 bits per heavy atom. The van der Waals surface area contributed by atoms with Gasteiger partial charge in [-0.25, -0.2) is 0 Å². The van der Waals surface area contributed by atoms with Crippen LogP contribution in [0.1, 0.15) is 45.5 Å². The Morgan fingerprint density at radius 2 is 1.53 bits per heavy atom. The van der Waals surface area contributed by atoms with Gasteiger partial charge in [0.25, 0.3) is 11.8 Å². The second-order valence-corrected chi connectivity index (χ2v) is 8.26. The van der Waals surface area contributed by atoms with E-state index in [1.165, 1.54) is 16.0 Å². The lowest BCUT2D eigenvalue weighted by molar-refractivity contribution is -0.130. The SMILES string of the molecule is O=C(CCCN1C(=O)c2cccc3cccc(c23)C1=O)N1CC=C(c2ccccc2)CC1. The molecule has 0 atom stereocenters. The highest BCUT2D eigenvalue weighted by atomic mass is 16.2. The first kappa shape index (κ1) is 20.2. The Hall–Kier alpha value is -3.73. The zero-order chi connectivity index (χ0) is 22.1. The maximum atomic E-state index is 13.0. The van der Waals surface area contributed by atoms with E-state index < -0.39 is 0 Å². The third-order valence-electron chi connectivity index (χ3n) is 6.33. The van der Waals surface area contributed by atoms with E-state index in [1.807, 2.05) is 47.4 Å². The molecular formula is C27H24N2O3. The van der Waals surface area contributed by atoms with E-state index in [1.54, 1.807) is 12.1 Å². The summed E-state index contributed by atoms with van der Waals surface area (Å²) >= 11 is 0. The average molecular weight is 425 g/mol. The molecule has 0 spiro atoms. The third kappa shape index (κ3) is 3.60. The van der Waals surface area contributed by atoms with E-state index in [4.69, 9.17) is 0 Å². The van der Waals surface area contributed by atoms with Crippen LogP contribution in [-0.2, 0) is 4.79 Å². The molecule has 0 aromatic heterocycles. The van der Waals surface area contributed by atoms with Crippen molar-refractivity contribution < 1.29 is 14.4 Å². The van der Waals surface area contributed by atoms with Gasteiger partial charge in [0.05, 0.1) is 0 Å². The molecule has 2 aliphatic heterocycles. The van der Waals surface area contributed by atoms with Crippen molar-refractivity contribution in [3.05, 3.63) is 89.5 Å². The predicted molar refractivity (Wildman–Crippen MR) is 124 cm³/mol. The molecule has 5 nitrogen and oxygen atoms in total. The Kier molecular flexibility index (Phi) is 5.31. The molecule has 3 aromatic carbocycles. The van der Waals surface area contributed by atoms with Crippen molar-refractivity contribution in [3.8, 4) is 0 Å². The minimum atomic E-state index is -0.278. The zero-order valence-corrected chi connectivity index (χ0v) is 17.8. The van der Waals surface area contributed by atoms with E-state index in [0.29, 0.717) is 37.1 Å². The van der Waals surface area contributed by atoms with Gasteiger partial charge >= 0.3 is 0 Å². The molecule has 5 rings (SSSR count). The molecule has 0 N–H and O–H groups in total. The fourth-order valence-electron chi connectivity index (χ4n) is 4.64. The van der Waals surface area contributed by atoms with Crippen LogP contribution in [0.15, 0.2) is 72.8 Å². The van der Waals surface area contributed by atoms with Crippen LogP contribution in [0.2, 0.25) is 0 Å². The molecule has 5 heteroatoms. The van der Waals surface area contributed by atoms with Crippen LogP contribution in [0, 0.1) is 0 Å². The Balaban J connectivity index is 1.21. The maximum Gasteiger partial charge on any atom is 0.261 e. The first-order valence-electron chi connectivity index (χ1n) is 11.0. The van der Waals surface area contributed by atoms with Gasteiger partial charge in [0.2, 0.25) is 5.91 Å². The lowest BCUT2D eigenvalue weighted by atomic mass is 9.94. The van der Waals surface area contributed by atoms with Crippen molar-refractivity contribution in [3.63, 3.8) is 0 Å².